The summed E-state index contributed by atoms with van der Waals surface area (Å²) in [5.74, 6) is 4.48. The maximum atomic E-state index is 11.0. The van der Waals surface area contributed by atoms with E-state index in [-0.39, 0.29) is 13.0 Å². The van der Waals surface area contributed by atoms with Crippen LogP contribution in [0, 0.1) is 11.3 Å². The van der Waals surface area contributed by atoms with Gasteiger partial charge < -0.3 is 5.11 Å². The van der Waals surface area contributed by atoms with Gasteiger partial charge in [-0.1, -0.05) is 30.3 Å². The zero-order chi connectivity index (χ0) is 12.0. The molecule has 0 aliphatic carbocycles. The van der Waals surface area contributed by atoms with Crippen LogP contribution in [0.4, 0.5) is 0 Å². The van der Waals surface area contributed by atoms with Gasteiger partial charge in [0.1, 0.15) is 12.6 Å². The van der Waals surface area contributed by atoms with Gasteiger partial charge in [-0.3, -0.25) is 10.6 Å². The predicted molar refractivity (Wildman–Crippen MR) is 58.1 cm³/mol. The highest BCUT2D eigenvalue weighted by molar-refractivity contribution is 5.73. The van der Waals surface area contributed by atoms with E-state index in [4.69, 9.17) is 16.2 Å². The molecule has 0 spiro atoms. The van der Waals surface area contributed by atoms with E-state index in [2.05, 4.69) is 0 Å². The molecule has 0 heterocycles. The third-order valence-corrected chi connectivity index (χ3v) is 2.21. The summed E-state index contributed by atoms with van der Waals surface area (Å²) in [5, 5.41) is 18.5. The normalized spacial score (nSPS) is 12.1. The van der Waals surface area contributed by atoms with Gasteiger partial charge in [-0.2, -0.15) is 5.26 Å². The summed E-state index contributed by atoms with van der Waals surface area (Å²) < 4.78 is 0. The Morgan fingerprint density at radius 2 is 2.12 bits per heavy atom. The number of hydrogen-bond acceptors (Lipinski definition) is 4. The molecule has 5 heteroatoms. The van der Waals surface area contributed by atoms with Gasteiger partial charge in [-0.25, -0.2) is 5.01 Å². The van der Waals surface area contributed by atoms with E-state index in [0.717, 1.165) is 10.6 Å². The van der Waals surface area contributed by atoms with Gasteiger partial charge in [0, 0.05) is 6.42 Å². The Hall–Kier alpha value is -1.90. The number of nitrogens with zero attached hydrogens (tertiary/aromatic N) is 2. The summed E-state index contributed by atoms with van der Waals surface area (Å²) in [6, 6.07) is 10.1. The molecule has 0 fully saturated rings. The van der Waals surface area contributed by atoms with Crippen molar-refractivity contribution in [2.45, 2.75) is 12.5 Å². The highest BCUT2D eigenvalue weighted by Gasteiger charge is 2.23. The van der Waals surface area contributed by atoms with Gasteiger partial charge in [0.2, 0.25) is 0 Å². The Bertz CT molecular complexity index is 386. The minimum atomic E-state index is -1.03. The smallest absolute Gasteiger partial charge is 0.322 e. The fourth-order valence-corrected chi connectivity index (χ4v) is 1.38. The van der Waals surface area contributed by atoms with E-state index in [1.807, 2.05) is 36.4 Å². The number of nitrogens with two attached hydrogens (primary N) is 1. The third-order valence-electron chi connectivity index (χ3n) is 2.21. The molecule has 1 aromatic rings. The molecular formula is C11H13N3O2. The second kappa shape index (κ2) is 5.85. The Balaban J connectivity index is 2.73. The lowest BCUT2D eigenvalue weighted by Crippen LogP contribution is -2.47. The van der Waals surface area contributed by atoms with Crippen molar-refractivity contribution >= 4 is 5.97 Å². The molecule has 5 nitrogen and oxygen atoms in total. The summed E-state index contributed by atoms with van der Waals surface area (Å²) in [6.45, 7) is -0.107. The minimum Gasteiger partial charge on any atom is -0.480 e. The molecule has 1 atom stereocenters. The quantitative estimate of drug-likeness (QED) is 0.424. The van der Waals surface area contributed by atoms with Crippen LogP contribution in [0.25, 0.3) is 0 Å². The number of hydrazine groups is 1. The number of carboxylic acids is 1. The fourth-order valence-electron chi connectivity index (χ4n) is 1.38. The van der Waals surface area contributed by atoms with Crippen LogP contribution >= 0.6 is 0 Å². The lowest BCUT2D eigenvalue weighted by Gasteiger charge is -2.21. The first-order valence-electron chi connectivity index (χ1n) is 4.80. The fraction of sp³-hybridized carbons (Fsp3) is 0.273. The number of rotatable bonds is 5. The number of hydrogen-bond donors (Lipinski definition) is 2. The first-order valence-corrected chi connectivity index (χ1v) is 4.80. The van der Waals surface area contributed by atoms with E-state index in [1.54, 1.807) is 0 Å². The van der Waals surface area contributed by atoms with Crippen LogP contribution < -0.4 is 5.84 Å². The maximum Gasteiger partial charge on any atom is 0.322 e. The molecule has 0 saturated carbocycles. The first kappa shape index (κ1) is 12.2. The molecule has 84 valence electrons. The van der Waals surface area contributed by atoms with E-state index in [1.165, 1.54) is 0 Å². The number of nitriles is 1. The van der Waals surface area contributed by atoms with Crippen molar-refractivity contribution < 1.29 is 9.90 Å². The Morgan fingerprint density at radius 1 is 1.50 bits per heavy atom. The summed E-state index contributed by atoms with van der Waals surface area (Å²) >= 11 is 0. The standard InChI is InChI=1S/C11H13N3O2/c12-6-7-14(13)10(11(15)16)8-9-4-2-1-3-5-9/h1-5,10H,7-8,13H2,(H,15,16)/t10-/m0/s1. The van der Waals surface area contributed by atoms with Crippen molar-refractivity contribution in [1.29, 1.82) is 5.26 Å². The Kier molecular flexibility index (Phi) is 4.45. The molecule has 16 heavy (non-hydrogen) atoms. The predicted octanol–water partition coefficient (Wildman–Crippen LogP) is 0.382. The van der Waals surface area contributed by atoms with E-state index >= 15 is 0 Å². The van der Waals surface area contributed by atoms with Crippen molar-refractivity contribution in [3.8, 4) is 6.07 Å². The summed E-state index contributed by atoms with van der Waals surface area (Å²) in [5.41, 5.74) is 0.878. The van der Waals surface area contributed by atoms with Crippen molar-refractivity contribution in [2.75, 3.05) is 6.54 Å². The second-order valence-corrected chi connectivity index (χ2v) is 3.37. The average Bonchev–Trinajstić information content (AvgIpc) is 2.27. The molecule has 0 aliphatic rings. The molecule has 0 aliphatic heterocycles. The molecule has 1 aromatic carbocycles. The zero-order valence-electron chi connectivity index (χ0n) is 8.71. The van der Waals surface area contributed by atoms with Crippen LogP contribution in [0.1, 0.15) is 5.56 Å². The summed E-state index contributed by atoms with van der Waals surface area (Å²) in [6.07, 6.45) is 0.286. The topological polar surface area (TPSA) is 90.4 Å². The SMILES string of the molecule is N#CCN(N)[C@@H](Cc1ccccc1)C(=O)O. The van der Waals surface area contributed by atoms with Gasteiger partial charge in [-0.15, -0.1) is 0 Å². The number of carbonyl (C=O) groups is 1. The van der Waals surface area contributed by atoms with Crippen LogP contribution in [0.15, 0.2) is 30.3 Å². The van der Waals surface area contributed by atoms with Crippen molar-refractivity contribution in [2.24, 2.45) is 5.84 Å². The molecule has 0 saturated heterocycles. The molecule has 0 amide bonds. The van der Waals surface area contributed by atoms with Gasteiger partial charge in [0.15, 0.2) is 0 Å². The van der Waals surface area contributed by atoms with Gasteiger partial charge in [-0.05, 0) is 5.56 Å². The van der Waals surface area contributed by atoms with Gasteiger partial charge >= 0.3 is 5.97 Å². The Labute approximate surface area is 93.7 Å². The number of benzene rings is 1. The molecule has 3 N–H and O–H groups in total. The van der Waals surface area contributed by atoms with E-state index in [0.29, 0.717) is 0 Å². The van der Waals surface area contributed by atoms with Crippen LogP contribution in [0.2, 0.25) is 0 Å². The maximum absolute atomic E-state index is 11.0. The number of carboxylic acid groups (broad SMARTS) is 1. The first-order chi connectivity index (χ1) is 7.65. The number of aliphatic carboxylic acids is 1. The summed E-state index contributed by atoms with van der Waals surface area (Å²) in [7, 11) is 0. The van der Waals surface area contributed by atoms with E-state index < -0.39 is 12.0 Å². The highest BCUT2D eigenvalue weighted by Crippen LogP contribution is 2.06. The molecule has 0 unspecified atom stereocenters. The minimum absolute atomic E-state index is 0.107. The molecule has 0 aromatic heterocycles. The van der Waals surface area contributed by atoms with Crippen molar-refractivity contribution in [3.05, 3.63) is 35.9 Å². The van der Waals surface area contributed by atoms with Crippen LogP contribution in [0.5, 0.6) is 0 Å². The van der Waals surface area contributed by atoms with Crippen molar-refractivity contribution in [1.82, 2.24) is 5.01 Å². The van der Waals surface area contributed by atoms with Crippen LogP contribution in [-0.2, 0) is 11.2 Å². The molecule has 0 bridgehead atoms. The van der Waals surface area contributed by atoms with E-state index in [9.17, 15) is 4.79 Å². The summed E-state index contributed by atoms with van der Waals surface area (Å²) in [4.78, 5) is 11.0. The molecule has 0 radical (unpaired) electrons. The third kappa shape index (κ3) is 3.35. The zero-order valence-corrected chi connectivity index (χ0v) is 8.71. The average molecular weight is 219 g/mol. The second-order valence-electron chi connectivity index (χ2n) is 3.37. The van der Waals surface area contributed by atoms with Gasteiger partial charge in [0.25, 0.3) is 0 Å². The lowest BCUT2D eigenvalue weighted by atomic mass is 10.1. The largest absolute Gasteiger partial charge is 0.480 e. The van der Waals surface area contributed by atoms with Crippen LogP contribution in [-0.4, -0.2) is 28.7 Å². The lowest BCUT2D eigenvalue weighted by molar-refractivity contribution is -0.143. The van der Waals surface area contributed by atoms with Crippen LogP contribution in [0.3, 0.4) is 0 Å². The highest BCUT2D eigenvalue weighted by atomic mass is 16.4. The molecular weight excluding hydrogens is 206 g/mol. The molecule has 1 rings (SSSR count). The Morgan fingerprint density at radius 3 is 2.62 bits per heavy atom. The van der Waals surface area contributed by atoms with Crippen molar-refractivity contribution in [3.63, 3.8) is 0 Å². The monoisotopic (exact) mass is 219 g/mol. The van der Waals surface area contributed by atoms with Gasteiger partial charge in [0.05, 0.1) is 6.07 Å².